The molecule has 10 nitrogen and oxygen atoms in total. The molecule has 1 aliphatic heterocycles. The van der Waals surface area contributed by atoms with E-state index in [0.717, 1.165) is 10.5 Å². The number of hydrogen-bond acceptors (Lipinski definition) is 7. The topological polar surface area (TPSA) is 132 Å². The van der Waals surface area contributed by atoms with Gasteiger partial charge in [-0.1, -0.05) is 17.7 Å². The third kappa shape index (κ3) is 4.09. The number of nitrogens with zero attached hydrogens (tertiary/aromatic N) is 2. The van der Waals surface area contributed by atoms with E-state index in [2.05, 4.69) is 5.32 Å². The Bertz CT molecular complexity index is 1320. The molecule has 3 aromatic rings. The summed E-state index contributed by atoms with van der Waals surface area (Å²) < 4.78 is 10.7. The van der Waals surface area contributed by atoms with Crippen molar-refractivity contribution >= 4 is 35.3 Å². The number of nitro groups is 1. The van der Waals surface area contributed by atoms with Gasteiger partial charge in [0.1, 0.15) is 22.8 Å². The highest BCUT2D eigenvalue weighted by Crippen LogP contribution is 2.34. The average molecular weight is 447 g/mol. The summed E-state index contributed by atoms with van der Waals surface area (Å²) in [6.45, 7) is 1.86. The van der Waals surface area contributed by atoms with Crippen molar-refractivity contribution in [3.63, 3.8) is 0 Å². The van der Waals surface area contributed by atoms with Crippen LogP contribution in [0.5, 0.6) is 5.75 Å². The first-order chi connectivity index (χ1) is 15.8. The van der Waals surface area contributed by atoms with Crippen LogP contribution >= 0.6 is 0 Å². The molecule has 2 heterocycles. The van der Waals surface area contributed by atoms with Gasteiger partial charge in [0, 0.05) is 0 Å². The minimum Gasteiger partial charge on any atom is -0.497 e. The number of ether oxygens (including phenoxy) is 1. The molecule has 0 radical (unpaired) electrons. The fourth-order valence-electron chi connectivity index (χ4n) is 3.30. The second kappa shape index (κ2) is 8.42. The molecule has 4 amide bonds. The Balaban J connectivity index is 1.69. The lowest BCUT2D eigenvalue weighted by Gasteiger charge is -2.26. The summed E-state index contributed by atoms with van der Waals surface area (Å²) in [5.74, 6) is -1.12. The van der Waals surface area contributed by atoms with Gasteiger partial charge >= 0.3 is 6.03 Å². The molecular formula is C23H17N3O7. The average Bonchev–Trinajstić information content (AvgIpc) is 3.26. The maximum absolute atomic E-state index is 13.0. The quantitative estimate of drug-likeness (QED) is 0.272. The number of barbiturate groups is 1. The molecule has 0 unspecified atom stereocenters. The number of benzene rings is 2. The summed E-state index contributed by atoms with van der Waals surface area (Å²) in [6, 6.07) is 13.0. The van der Waals surface area contributed by atoms with Crippen LogP contribution in [0.1, 0.15) is 11.3 Å². The number of carbonyl (C=O) groups excluding carboxylic acids is 3. The Morgan fingerprint density at radius 1 is 1.06 bits per heavy atom. The molecule has 1 aromatic heterocycles. The Kier molecular flexibility index (Phi) is 5.49. The molecule has 1 saturated heterocycles. The first-order valence-electron chi connectivity index (χ1n) is 9.69. The summed E-state index contributed by atoms with van der Waals surface area (Å²) in [4.78, 5) is 49.3. The van der Waals surface area contributed by atoms with E-state index in [4.69, 9.17) is 9.15 Å². The number of hydrogen-bond donors (Lipinski definition) is 1. The van der Waals surface area contributed by atoms with E-state index in [9.17, 15) is 24.5 Å². The minimum absolute atomic E-state index is 0.104. The number of furan rings is 1. The number of imide groups is 2. The van der Waals surface area contributed by atoms with Gasteiger partial charge in [-0.2, -0.15) is 0 Å². The number of rotatable bonds is 5. The number of methoxy groups -OCH3 is 1. The number of urea groups is 1. The molecule has 4 rings (SSSR count). The highest BCUT2D eigenvalue weighted by atomic mass is 16.6. The van der Waals surface area contributed by atoms with Gasteiger partial charge in [-0.15, -0.1) is 0 Å². The molecule has 33 heavy (non-hydrogen) atoms. The van der Waals surface area contributed by atoms with Crippen molar-refractivity contribution in [2.45, 2.75) is 6.92 Å². The largest absolute Gasteiger partial charge is 0.497 e. The van der Waals surface area contributed by atoms with Crippen LogP contribution in [0.25, 0.3) is 17.4 Å². The zero-order valence-electron chi connectivity index (χ0n) is 17.5. The smallest absolute Gasteiger partial charge is 0.335 e. The first-order valence-corrected chi connectivity index (χ1v) is 9.69. The second-order valence-corrected chi connectivity index (χ2v) is 7.14. The number of nitrogens with one attached hydrogen (secondary N) is 1. The summed E-state index contributed by atoms with van der Waals surface area (Å²) in [7, 11) is 1.40. The standard InChI is InChI=1S/C23H17N3O7/c1-13-3-5-14(6-4-13)25-22(28)18(21(27)24-23(25)29)11-16-8-10-20(33-16)17-9-7-15(32-2)12-19(17)26(30)31/h3-12H,1-2H3,(H,24,27,29)/b18-11-. The van der Waals surface area contributed by atoms with E-state index in [1.807, 2.05) is 6.92 Å². The Hall–Kier alpha value is -4.73. The van der Waals surface area contributed by atoms with Crippen LogP contribution in [0.15, 0.2) is 64.6 Å². The lowest BCUT2D eigenvalue weighted by atomic mass is 10.1. The van der Waals surface area contributed by atoms with Crippen LogP contribution in [-0.2, 0) is 9.59 Å². The molecule has 0 aliphatic carbocycles. The van der Waals surface area contributed by atoms with Gasteiger partial charge < -0.3 is 9.15 Å². The highest BCUT2D eigenvalue weighted by Gasteiger charge is 2.37. The van der Waals surface area contributed by atoms with Gasteiger partial charge in [0.15, 0.2) is 0 Å². The fraction of sp³-hybridized carbons (Fsp3) is 0.0870. The zero-order chi connectivity index (χ0) is 23.7. The third-order valence-electron chi connectivity index (χ3n) is 4.97. The number of amides is 4. The summed E-state index contributed by atoms with van der Waals surface area (Å²) in [5, 5.41) is 13.6. The van der Waals surface area contributed by atoms with Gasteiger partial charge in [0.05, 0.1) is 29.4 Å². The van der Waals surface area contributed by atoms with E-state index in [0.29, 0.717) is 11.4 Å². The normalized spacial score (nSPS) is 15.0. The van der Waals surface area contributed by atoms with E-state index in [1.165, 1.54) is 37.5 Å². The Morgan fingerprint density at radius 3 is 2.45 bits per heavy atom. The third-order valence-corrected chi connectivity index (χ3v) is 4.97. The Morgan fingerprint density at radius 2 is 1.79 bits per heavy atom. The number of carbonyl (C=O) groups is 3. The molecule has 1 N–H and O–H groups in total. The van der Waals surface area contributed by atoms with Crippen molar-refractivity contribution in [3.8, 4) is 17.1 Å². The lowest BCUT2D eigenvalue weighted by molar-refractivity contribution is -0.384. The minimum atomic E-state index is -0.873. The predicted octanol–water partition coefficient (Wildman–Crippen LogP) is 3.84. The van der Waals surface area contributed by atoms with Crippen molar-refractivity contribution in [2.75, 3.05) is 12.0 Å². The molecule has 1 fully saturated rings. The van der Waals surface area contributed by atoms with E-state index < -0.39 is 22.8 Å². The van der Waals surface area contributed by atoms with E-state index in [1.54, 1.807) is 30.3 Å². The molecule has 166 valence electrons. The first kappa shape index (κ1) is 21.5. The van der Waals surface area contributed by atoms with Gasteiger partial charge in [-0.25, -0.2) is 9.69 Å². The number of aryl methyl sites for hydroxylation is 1. The molecule has 10 heteroatoms. The van der Waals surface area contributed by atoms with Crippen LogP contribution in [0.4, 0.5) is 16.2 Å². The van der Waals surface area contributed by atoms with E-state index >= 15 is 0 Å². The van der Waals surface area contributed by atoms with Gasteiger partial charge in [0.25, 0.3) is 17.5 Å². The maximum atomic E-state index is 13.0. The lowest BCUT2D eigenvalue weighted by Crippen LogP contribution is -2.54. The van der Waals surface area contributed by atoms with Crippen molar-refractivity contribution in [2.24, 2.45) is 0 Å². The molecule has 2 aromatic carbocycles. The van der Waals surface area contributed by atoms with Crippen molar-refractivity contribution in [3.05, 3.63) is 81.6 Å². The van der Waals surface area contributed by atoms with Gasteiger partial charge in [0.2, 0.25) is 0 Å². The van der Waals surface area contributed by atoms with Crippen LogP contribution in [-0.4, -0.2) is 29.9 Å². The number of nitro benzene ring substituents is 1. The molecular weight excluding hydrogens is 430 g/mol. The summed E-state index contributed by atoms with van der Waals surface area (Å²) >= 11 is 0. The monoisotopic (exact) mass is 447 g/mol. The molecule has 0 saturated carbocycles. The predicted molar refractivity (Wildman–Crippen MR) is 118 cm³/mol. The molecule has 1 aliphatic rings. The molecule has 0 bridgehead atoms. The SMILES string of the molecule is COc1ccc(-c2ccc(/C=C3/C(=O)NC(=O)N(c4ccc(C)cc4)C3=O)o2)c([N+](=O)[O-])c1. The molecule has 0 spiro atoms. The highest BCUT2D eigenvalue weighted by molar-refractivity contribution is 6.39. The van der Waals surface area contributed by atoms with Crippen molar-refractivity contribution in [1.29, 1.82) is 0 Å². The van der Waals surface area contributed by atoms with Crippen LogP contribution in [0.3, 0.4) is 0 Å². The van der Waals surface area contributed by atoms with Crippen molar-refractivity contribution < 1.29 is 28.5 Å². The van der Waals surface area contributed by atoms with Crippen LogP contribution in [0.2, 0.25) is 0 Å². The number of anilines is 1. The second-order valence-electron chi connectivity index (χ2n) is 7.14. The summed E-state index contributed by atoms with van der Waals surface area (Å²) in [6.07, 6.45) is 1.18. The van der Waals surface area contributed by atoms with Crippen LogP contribution < -0.4 is 15.0 Å². The van der Waals surface area contributed by atoms with E-state index in [-0.39, 0.29) is 28.3 Å². The maximum Gasteiger partial charge on any atom is 0.335 e. The van der Waals surface area contributed by atoms with Gasteiger partial charge in [-0.3, -0.25) is 25.0 Å². The zero-order valence-corrected chi connectivity index (χ0v) is 17.5. The van der Waals surface area contributed by atoms with Crippen molar-refractivity contribution in [1.82, 2.24) is 5.32 Å². The Labute approximate surface area is 187 Å². The fourth-order valence-corrected chi connectivity index (χ4v) is 3.30. The molecule has 0 atom stereocenters. The summed E-state index contributed by atoms with van der Waals surface area (Å²) in [5.41, 5.74) is 0.883. The van der Waals surface area contributed by atoms with Gasteiger partial charge in [-0.05, 0) is 49.4 Å². The van der Waals surface area contributed by atoms with Crippen LogP contribution in [0, 0.1) is 17.0 Å².